The zero-order chi connectivity index (χ0) is 32.8. The molecule has 0 saturated heterocycles. The number of hydrogen-bond acceptors (Lipinski definition) is 4. The predicted molar refractivity (Wildman–Crippen MR) is 217 cm³/mol. The second-order valence-corrected chi connectivity index (χ2v) is 15.1. The summed E-state index contributed by atoms with van der Waals surface area (Å²) in [6.45, 7) is 0. The molecule has 50 heavy (non-hydrogen) atoms. The molecular weight excluding hydrogens is 647 g/mol. The molecule has 0 bridgehead atoms. The summed E-state index contributed by atoms with van der Waals surface area (Å²) in [7, 11) is 0. The average molecular weight is 674 g/mol. The van der Waals surface area contributed by atoms with E-state index >= 15 is 0 Å². The molecule has 0 aliphatic heterocycles. The number of nitrogens with zero attached hydrogens (tertiary/aromatic N) is 1. The van der Waals surface area contributed by atoms with E-state index < -0.39 is 0 Å². The van der Waals surface area contributed by atoms with Crippen molar-refractivity contribution in [3.63, 3.8) is 0 Å². The molecule has 8 aromatic carbocycles. The van der Waals surface area contributed by atoms with Crippen molar-refractivity contribution in [2.45, 2.75) is 0 Å². The van der Waals surface area contributed by atoms with E-state index in [1.54, 1.807) is 0 Å². The lowest BCUT2D eigenvalue weighted by atomic mass is 9.98. The van der Waals surface area contributed by atoms with Crippen LogP contribution in [0.3, 0.4) is 0 Å². The van der Waals surface area contributed by atoms with Gasteiger partial charge in [0.05, 0.1) is 0 Å². The van der Waals surface area contributed by atoms with Crippen molar-refractivity contribution >= 4 is 113 Å². The quantitative estimate of drug-likeness (QED) is 0.185. The highest BCUT2D eigenvalue weighted by atomic mass is 32.1. The summed E-state index contributed by atoms with van der Waals surface area (Å²) in [6.07, 6.45) is 0. The van der Waals surface area contributed by atoms with E-state index in [-0.39, 0.29) is 0 Å². The van der Waals surface area contributed by atoms with E-state index in [0.717, 1.165) is 39.0 Å². The monoisotopic (exact) mass is 673 g/mol. The number of benzene rings is 8. The van der Waals surface area contributed by atoms with E-state index in [2.05, 4.69) is 157 Å². The topological polar surface area (TPSA) is 16.4 Å². The van der Waals surface area contributed by atoms with Gasteiger partial charge in [-0.3, -0.25) is 0 Å². The molecule has 0 spiro atoms. The Labute approximate surface area is 295 Å². The molecule has 0 aliphatic rings. The number of fused-ring (bicyclic) bond motifs is 10. The van der Waals surface area contributed by atoms with Crippen LogP contribution < -0.4 is 4.90 Å². The normalized spacial score (nSPS) is 12.0. The number of anilines is 3. The van der Waals surface area contributed by atoms with E-state index in [1.807, 2.05) is 34.8 Å². The maximum Gasteiger partial charge on any atom is 0.137 e. The molecule has 11 aromatic rings. The van der Waals surface area contributed by atoms with E-state index in [9.17, 15) is 0 Å². The summed E-state index contributed by atoms with van der Waals surface area (Å²) in [6, 6.07) is 59.6. The smallest absolute Gasteiger partial charge is 0.137 e. The molecule has 3 heterocycles. The predicted octanol–water partition coefficient (Wildman–Crippen LogP) is 14.6. The van der Waals surface area contributed by atoms with Gasteiger partial charge < -0.3 is 9.32 Å². The van der Waals surface area contributed by atoms with Gasteiger partial charge >= 0.3 is 0 Å². The minimum atomic E-state index is 0.885. The Hall–Kier alpha value is -5.94. The Morgan fingerprint density at radius 2 is 1.04 bits per heavy atom. The van der Waals surface area contributed by atoms with Crippen molar-refractivity contribution < 1.29 is 4.42 Å². The summed E-state index contributed by atoms with van der Waals surface area (Å²) in [4.78, 5) is 2.36. The summed E-state index contributed by atoms with van der Waals surface area (Å²) in [5.41, 5.74) is 7.52. The van der Waals surface area contributed by atoms with Gasteiger partial charge in [-0.05, 0) is 94.7 Å². The Morgan fingerprint density at radius 3 is 1.94 bits per heavy atom. The highest BCUT2D eigenvalue weighted by molar-refractivity contribution is 7.26. The molecule has 11 rings (SSSR count). The third-order valence-electron chi connectivity index (χ3n) is 10.0. The van der Waals surface area contributed by atoms with E-state index in [4.69, 9.17) is 4.42 Å². The highest BCUT2D eigenvalue weighted by Crippen LogP contribution is 2.45. The van der Waals surface area contributed by atoms with Gasteiger partial charge in [0.25, 0.3) is 0 Å². The van der Waals surface area contributed by atoms with Crippen LogP contribution in [0, 0.1) is 0 Å². The van der Waals surface area contributed by atoms with Crippen LogP contribution in [0.25, 0.3) is 84.2 Å². The minimum Gasteiger partial charge on any atom is -0.456 e. The van der Waals surface area contributed by atoms with Gasteiger partial charge in [0.1, 0.15) is 11.2 Å². The van der Waals surface area contributed by atoms with Crippen LogP contribution in [-0.4, -0.2) is 0 Å². The van der Waals surface area contributed by atoms with Crippen LogP contribution in [0.5, 0.6) is 0 Å². The Morgan fingerprint density at radius 1 is 0.380 bits per heavy atom. The van der Waals surface area contributed by atoms with Gasteiger partial charge in [-0.2, -0.15) is 0 Å². The summed E-state index contributed by atoms with van der Waals surface area (Å²) >= 11 is 3.72. The molecule has 0 saturated carbocycles. The zero-order valence-corrected chi connectivity index (χ0v) is 28.4. The van der Waals surface area contributed by atoms with Crippen molar-refractivity contribution in [1.29, 1.82) is 0 Å². The first-order chi connectivity index (χ1) is 24.7. The molecule has 234 valence electrons. The average Bonchev–Trinajstić information content (AvgIpc) is 3.85. The summed E-state index contributed by atoms with van der Waals surface area (Å²) < 4.78 is 11.6. The number of rotatable bonds is 4. The van der Waals surface area contributed by atoms with Crippen LogP contribution in [0.15, 0.2) is 168 Å². The molecule has 0 amide bonds. The van der Waals surface area contributed by atoms with Crippen LogP contribution >= 0.6 is 22.7 Å². The lowest BCUT2D eigenvalue weighted by Crippen LogP contribution is -2.09. The molecule has 4 heteroatoms. The van der Waals surface area contributed by atoms with Crippen LogP contribution in [0.2, 0.25) is 0 Å². The molecule has 0 N–H and O–H groups in total. The maximum atomic E-state index is 6.38. The van der Waals surface area contributed by atoms with Gasteiger partial charge in [-0.1, -0.05) is 84.9 Å². The largest absolute Gasteiger partial charge is 0.456 e. The molecular formula is C46H27NOS2. The first kappa shape index (κ1) is 28.0. The second kappa shape index (κ2) is 10.8. The van der Waals surface area contributed by atoms with Crippen molar-refractivity contribution in [3.05, 3.63) is 164 Å². The SMILES string of the molecule is c1ccc2cc3c(cc2c1)sc1cccc(-c2ccc(N(c4ccc5c(c4)oc4ccccc45)c4ccc5sc6ccccc6c5c4)cc2)c13. The fourth-order valence-corrected chi connectivity index (χ4v) is 9.95. The number of furan rings is 1. The third kappa shape index (κ3) is 4.26. The number of thiophene rings is 2. The molecule has 0 atom stereocenters. The van der Waals surface area contributed by atoms with E-state index in [0.29, 0.717) is 0 Å². The molecule has 0 radical (unpaired) electrons. The Bertz CT molecular complexity index is 3110. The number of para-hydroxylation sites is 1. The Kier molecular flexibility index (Phi) is 6.03. The second-order valence-electron chi connectivity index (χ2n) is 12.9. The molecule has 0 fully saturated rings. The van der Waals surface area contributed by atoms with Crippen molar-refractivity contribution in [2.24, 2.45) is 0 Å². The van der Waals surface area contributed by atoms with Gasteiger partial charge in [0.2, 0.25) is 0 Å². The van der Waals surface area contributed by atoms with Crippen molar-refractivity contribution in [1.82, 2.24) is 0 Å². The lowest BCUT2D eigenvalue weighted by Gasteiger charge is -2.26. The summed E-state index contributed by atoms with van der Waals surface area (Å²) in [5, 5.41) is 10.0. The van der Waals surface area contributed by atoms with Gasteiger partial charge in [-0.15, -0.1) is 22.7 Å². The fourth-order valence-electron chi connectivity index (χ4n) is 7.70. The van der Waals surface area contributed by atoms with Gasteiger partial charge in [0, 0.05) is 74.2 Å². The minimum absolute atomic E-state index is 0.885. The molecule has 0 aliphatic carbocycles. The van der Waals surface area contributed by atoms with Crippen LogP contribution in [-0.2, 0) is 0 Å². The lowest BCUT2D eigenvalue weighted by molar-refractivity contribution is 0.669. The molecule has 0 unspecified atom stereocenters. The highest BCUT2D eigenvalue weighted by Gasteiger charge is 2.18. The van der Waals surface area contributed by atoms with Crippen LogP contribution in [0.1, 0.15) is 0 Å². The number of hydrogen-bond donors (Lipinski definition) is 0. The third-order valence-corrected chi connectivity index (χ3v) is 12.3. The fraction of sp³-hybridized carbons (Fsp3) is 0. The van der Waals surface area contributed by atoms with Crippen molar-refractivity contribution in [3.8, 4) is 11.1 Å². The Balaban J connectivity index is 1.08. The zero-order valence-electron chi connectivity index (χ0n) is 26.8. The van der Waals surface area contributed by atoms with Gasteiger partial charge in [-0.25, -0.2) is 0 Å². The first-order valence-corrected chi connectivity index (χ1v) is 18.5. The first-order valence-electron chi connectivity index (χ1n) is 16.8. The maximum absolute atomic E-state index is 6.38. The van der Waals surface area contributed by atoms with Crippen molar-refractivity contribution in [2.75, 3.05) is 4.90 Å². The summed E-state index contributed by atoms with van der Waals surface area (Å²) in [5.74, 6) is 0. The molecule has 3 aromatic heterocycles. The standard InChI is InChI=1S/C46H27NOS2/c1-2-9-30-25-45-39(24-29(30)8-1)46-34(12-7-15-44(46)50-45)28-16-18-31(19-17-28)47(32-21-23-43-38(26-32)37-11-4-6-14-42(37)49-43)33-20-22-36-35-10-3-5-13-40(35)48-41(36)27-33/h1-27H. The molecule has 2 nitrogen and oxygen atoms in total. The van der Waals surface area contributed by atoms with Crippen LogP contribution in [0.4, 0.5) is 17.1 Å². The van der Waals surface area contributed by atoms with E-state index in [1.165, 1.54) is 62.2 Å². The van der Waals surface area contributed by atoms with Gasteiger partial charge in [0.15, 0.2) is 0 Å².